The summed E-state index contributed by atoms with van der Waals surface area (Å²) in [5, 5.41) is 3.19. The number of methoxy groups -OCH3 is 1. The molecule has 0 spiro atoms. The Kier molecular flexibility index (Phi) is 6.90. The van der Waals surface area contributed by atoms with E-state index in [1.54, 1.807) is 7.11 Å². The maximum Gasteiger partial charge on any atom is 0.227 e. The van der Waals surface area contributed by atoms with Gasteiger partial charge in [0.25, 0.3) is 0 Å². The highest BCUT2D eigenvalue weighted by Crippen LogP contribution is 2.31. The van der Waals surface area contributed by atoms with Crippen molar-refractivity contribution in [1.82, 2.24) is 14.9 Å². The number of H-pyrrole nitrogens is 1. The van der Waals surface area contributed by atoms with Crippen LogP contribution in [0.3, 0.4) is 0 Å². The maximum absolute atomic E-state index is 13.1. The summed E-state index contributed by atoms with van der Waals surface area (Å²) in [5.41, 5.74) is 5.13. The molecular weight excluding hydrogens is 400 g/mol. The number of carbonyl (C=O) groups is 1. The molecule has 1 aliphatic rings. The van der Waals surface area contributed by atoms with Crippen molar-refractivity contribution in [2.24, 2.45) is 5.92 Å². The Morgan fingerprint density at radius 1 is 1.19 bits per heavy atom. The van der Waals surface area contributed by atoms with E-state index in [1.807, 2.05) is 48.5 Å². The van der Waals surface area contributed by atoms with Gasteiger partial charge in [-0.05, 0) is 56.6 Å². The van der Waals surface area contributed by atoms with Crippen molar-refractivity contribution in [2.75, 3.05) is 25.5 Å². The van der Waals surface area contributed by atoms with Crippen LogP contribution in [0.1, 0.15) is 37.0 Å². The van der Waals surface area contributed by atoms with E-state index in [9.17, 15) is 4.79 Å². The van der Waals surface area contributed by atoms with Crippen LogP contribution >= 0.6 is 0 Å². The molecule has 4 rings (SSSR count). The molecule has 0 saturated carbocycles. The number of aromatic amines is 1. The zero-order valence-electron chi connectivity index (χ0n) is 19.1. The average molecular weight is 433 g/mol. The molecule has 2 heterocycles. The van der Waals surface area contributed by atoms with Gasteiger partial charge in [-0.2, -0.15) is 0 Å². The Hall–Kier alpha value is -3.12. The third-order valence-electron chi connectivity index (χ3n) is 6.27. The van der Waals surface area contributed by atoms with Crippen LogP contribution in [0.15, 0.2) is 48.5 Å². The van der Waals surface area contributed by atoms with Crippen LogP contribution in [-0.2, 0) is 17.8 Å². The summed E-state index contributed by atoms with van der Waals surface area (Å²) >= 11 is 0. The van der Waals surface area contributed by atoms with E-state index >= 15 is 0 Å². The largest absolute Gasteiger partial charge is 0.497 e. The number of ether oxygens (including phenoxy) is 1. The molecule has 6 nitrogen and oxygen atoms in total. The Balaban J connectivity index is 1.38. The Morgan fingerprint density at radius 2 is 1.97 bits per heavy atom. The number of hydrogen-bond acceptors (Lipinski definition) is 4. The molecule has 0 radical (unpaired) electrons. The van der Waals surface area contributed by atoms with Crippen LogP contribution in [0.4, 0.5) is 5.69 Å². The van der Waals surface area contributed by atoms with Crippen LogP contribution in [0.2, 0.25) is 0 Å². The van der Waals surface area contributed by atoms with Crippen molar-refractivity contribution >= 4 is 11.6 Å². The van der Waals surface area contributed by atoms with Gasteiger partial charge in [-0.15, -0.1) is 0 Å². The van der Waals surface area contributed by atoms with Crippen LogP contribution in [0.25, 0.3) is 11.1 Å². The van der Waals surface area contributed by atoms with Gasteiger partial charge >= 0.3 is 0 Å². The molecule has 2 aromatic carbocycles. The molecule has 168 valence electrons. The fourth-order valence-electron chi connectivity index (χ4n) is 4.32. The van der Waals surface area contributed by atoms with Gasteiger partial charge in [0.05, 0.1) is 12.8 Å². The summed E-state index contributed by atoms with van der Waals surface area (Å²) in [6.45, 7) is 6.85. The van der Waals surface area contributed by atoms with E-state index in [4.69, 9.17) is 9.72 Å². The second kappa shape index (κ2) is 10.0. The summed E-state index contributed by atoms with van der Waals surface area (Å²) < 4.78 is 5.36. The van der Waals surface area contributed by atoms with Gasteiger partial charge in [-0.1, -0.05) is 37.3 Å². The lowest BCUT2D eigenvalue weighted by molar-refractivity contribution is -0.121. The van der Waals surface area contributed by atoms with Crippen LogP contribution in [0, 0.1) is 12.8 Å². The zero-order chi connectivity index (χ0) is 22.5. The molecule has 3 aromatic rings. The first-order valence-electron chi connectivity index (χ1n) is 11.4. The van der Waals surface area contributed by atoms with E-state index in [-0.39, 0.29) is 11.8 Å². The van der Waals surface area contributed by atoms with Crippen LogP contribution in [-0.4, -0.2) is 41.0 Å². The molecule has 0 unspecified atom stereocenters. The SMILES string of the molecule is CCc1nc(CN2CCC(C(=O)Nc3ccccc3-c3cccc(OC)c3)CC2)c(C)[nH]1. The molecule has 1 amide bonds. The number of nitrogens with one attached hydrogen (secondary N) is 2. The number of piperidine rings is 1. The first-order chi connectivity index (χ1) is 15.6. The average Bonchev–Trinajstić information content (AvgIpc) is 3.19. The number of rotatable bonds is 7. The number of aryl methyl sites for hydroxylation is 2. The lowest BCUT2D eigenvalue weighted by Gasteiger charge is -2.31. The lowest BCUT2D eigenvalue weighted by Crippen LogP contribution is -2.38. The number of benzene rings is 2. The highest BCUT2D eigenvalue weighted by atomic mass is 16.5. The van der Waals surface area contributed by atoms with Gasteiger partial charge in [-0.3, -0.25) is 9.69 Å². The standard InChI is InChI=1S/C26H32N4O2/c1-4-25-27-18(2)24(28-25)17-30-14-12-19(13-15-30)26(31)29-23-11-6-5-10-22(23)20-8-7-9-21(16-20)32-3/h5-11,16,19H,4,12-15,17H2,1-3H3,(H,27,28)(H,29,31). The van der Waals surface area contributed by atoms with E-state index in [0.717, 1.165) is 78.7 Å². The molecule has 2 N–H and O–H groups in total. The number of nitrogens with zero attached hydrogens (tertiary/aromatic N) is 2. The second-order valence-electron chi connectivity index (χ2n) is 8.43. The van der Waals surface area contributed by atoms with Crippen molar-refractivity contribution in [3.05, 3.63) is 65.7 Å². The normalized spacial score (nSPS) is 15.0. The molecule has 1 aromatic heterocycles. The Morgan fingerprint density at radius 3 is 2.69 bits per heavy atom. The summed E-state index contributed by atoms with van der Waals surface area (Å²) in [5.74, 6) is 1.97. The van der Waals surface area contributed by atoms with Crippen molar-refractivity contribution < 1.29 is 9.53 Å². The quantitative estimate of drug-likeness (QED) is 0.562. The fraction of sp³-hybridized carbons (Fsp3) is 0.385. The molecular formula is C26H32N4O2. The topological polar surface area (TPSA) is 70.2 Å². The van der Waals surface area contributed by atoms with Gasteiger partial charge in [-0.25, -0.2) is 4.98 Å². The minimum absolute atomic E-state index is 0.0242. The molecule has 32 heavy (non-hydrogen) atoms. The van der Waals surface area contributed by atoms with Crippen molar-refractivity contribution in [3.8, 4) is 16.9 Å². The van der Waals surface area contributed by atoms with E-state index in [1.165, 1.54) is 0 Å². The van der Waals surface area contributed by atoms with Crippen molar-refractivity contribution in [2.45, 2.75) is 39.7 Å². The smallest absolute Gasteiger partial charge is 0.227 e. The summed E-state index contributed by atoms with van der Waals surface area (Å²) in [6.07, 6.45) is 2.63. The number of carbonyl (C=O) groups excluding carboxylic acids is 1. The molecule has 0 atom stereocenters. The van der Waals surface area contributed by atoms with Gasteiger partial charge in [0.2, 0.25) is 5.91 Å². The number of imidazole rings is 1. The first-order valence-corrected chi connectivity index (χ1v) is 11.4. The summed E-state index contributed by atoms with van der Waals surface area (Å²) in [6, 6.07) is 15.9. The minimum Gasteiger partial charge on any atom is -0.497 e. The molecule has 6 heteroatoms. The highest BCUT2D eigenvalue weighted by molar-refractivity contribution is 5.96. The number of hydrogen-bond donors (Lipinski definition) is 2. The summed E-state index contributed by atoms with van der Waals surface area (Å²) in [7, 11) is 1.66. The minimum atomic E-state index is 0.0242. The van der Waals surface area contributed by atoms with Crippen LogP contribution in [0.5, 0.6) is 5.75 Å². The van der Waals surface area contributed by atoms with Crippen molar-refractivity contribution in [1.29, 1.82) is 0 Å². The third kappa shape index (κ3) is 5.02. The number of anilines is 1. The van der Waals surface area contributed by atoms with Gasteiger partial charge in [0.1, 0.15) is 11.6 Å². The van der Waals surface area contributed by atoms with E-state index in [0.29, 0.717) is 0 Å². The molecule has 1 fully saturated rings. The second-order valence-corrected chi connectivity index (χ2v) is 8.43. The predicted molar refractivity (Wildman–Crippen MR) is 128 cm³/mol. The molecule has 0 aliphatic carbocycles. The molecule has 1 saturated heterocycles. The molecule has 0 bridgehead atoms. The maximum atomic E-state index is 13.1. The number of para-hydroxylation sites is 1. The Labute approximate surface area is 190 Å². The number of aromatic nitrogens is 2. The number of amides is 1. The van der Waals surface area contributed by atoms with Crippen molar-refractivity contribution in [3.63, 3.8) is 0 Å². The van der Waals surface area contributed by atoms with Gasteiger partial charge in [0.15, 0.2) is 0 Å². The third-order valence-corrected chi connectivity index (χ3v) is 6.27. The van der Waals surface area contributed by atoms with E-state index < -0.39 is 0 Å². The number of likely N-dealkylation sites (tertiary alicyclic amines) is 1. The fourth-order valence-corrected chi connectivity index (χ4v) is 4.32. The first kappa shape index (κ1) is 22.1. The zero-order valence-corrected chi connectivity index (χ0v) is 19.1. The van der Waals surface area contributed by atoms with Gasteiger partial charge < -0.3 is 15.0 Å². The lowest BCUT2D eigenvalue weighted by atomic mass is 9.95. The summed E-state index contributed by atoms with van der Waals surface area (Å²) in [4.78, 5) is 23.5. The van der Waals surface area contributed by atoms with Crippen LogP contribution < -0.4 is 10.1 Å². The predicted octanol–water partition coefficient (Wildman–Crippen LogP) is 4.81. The monoisotopic (exact) mass is 432 g/mol. The molecule has 1 aliphatic heterocycles. The van der Waals surface area contributed by atoms with E-state index in [2.05, 4.69) is 29.0 Å². The Bertz CT molecular complexity index is 1070. The highest BCUT2D eigenvalue weighted by Gasteiger charge is 2.26. The van der Waals surface area contributed by atoms with Gasteiger partial charge in [0, 0.05) is 35.8 Å².